The van der Waals surface area contributed by atoms with Gasteiger partial charge in [0.2, 0.25) is 0 Å². The topological polar surface area (TPSA) is 67.2 Å². The van der Waals surface area contributed by atoms with Gasteiger partial charge in [0.1, 0.15) is 0 Å². The van der Waals surface area contributed by atoms with Crippen LogP contribution in [0.15, 0.2) is 36.7 Å². The summed E-state index contributed by atoms with van der Waals surface area (Å²) in [6, 6.07) is 7.02. The molecule has 0 saturated carbocycles. The van der Waals surface area contributed by atoms with Crippen LogP contribution in [-0.2, 0) is 5.54 Å². The molecule has 0 radical (unpaired) electrons. The van der Waals surface area contributed by atoms with Crippen molar-refractivity contribution in [2.24, 2.45) is 0 Å². The number of nitrogens with one attached hydrogen (secondary N) is 1. The second-order valence-electron chi connectivity index (χ2n) is 6.09. The van der Waals surface area contributed by atoms with Gasteiger partial charge >= 0.3 is 0 Å². The lowest BCUT2D eigenvalue weighted by Gasteiger charge is -2.18. The average Bonchev–Trinajstić information content (AvgIpc) is 2.95. The summed E-state index contributed by atoms with van der Waals surface area (Å²) in [5.74, 6) is -0.276. The molecule has 118 valence electrons. The number of rotatable bonds is 4. The van der Waals surface area contributed by atoms with Gasteiger partial charge in [-0.15, -0.1) is 0 Å². The van der Waals surface area contributed by atoms with Crippen molar-refractivity contribution >= 4 is 17.5 Å². The zero-order valence-electron chi connectivity index (χ0n) is 12.9. The third kappa shape index (κ3) is 3.87. The van der Waals surface area contributed by atoms with Crippen molar-refractivity contribution in [1.29, 1.82) is 0 Å². The molecule has 1 heterocycles. The van der Waals surface area contributed by atoms with Gasteiger partial charge < -0.3 is 10.4 Å². The maximum absolute atomic E-state index is 12.1. The van der Waals surface area contributed by atoms with E-state index in [1.807, 2.05) is 20.8 Å². The number of amides is 1. The van der Waals surface area contributed by atoms with Crippen molar-refractivity contribution in [3.63, 3.8) is 0 Å². The van der Waals surface area contributed by atoms with E-state index in [0.717, 1.165) is 0 Å². The third-order valence-corrected chi connectivity index (χ3v) is 3.60. The molecule has 22 heavy (non-hydrogen) atoms. The largest absolute Gasteiger partial charge is 0.387 e. The Labute approximate surface area is 134 Å². The summed E-state index contributed by atoms with van der Waals surface area (Å²) in [5.41, 5.74) is 0.867. The van der Waals surface area contributed by atoms with Crippen LogP contribution in [-0.4, -0.2) is 27.3 Å². The summed E-state index contributed by atoms with van der Waals surface area (Å²) in [4.78, 5) is 12.1. The quantitative estimate of drug-likeness (QED) is 0.910. The third-order valence-electron chi connectivity index (χ3n) is 3.25. The molecule has 2 N–H and O–H groups in total. The van der Waals surface area contributed by atoms with Crippen LogP contribution >= 0.6 is 11.6 Å². The molecule has 0 aliphatic carbocycles. The fraction of sp³-hybridized carbons (Fsp3) is 0.375. The van der Waals surface area contributed by atoms with Crippen molar-refractivity contribution in [1.82, 2.24) is 15.1 Å². The fourth-order valence-electron chi connectivity index (χ4n) is 1.95. The Hall–Kier alpha value is -1.85. The van der Waals surface area contributed by atoms with Crippen molar-refractivity contribution in [2.75, 3.05) is 6.54 Å². The molecule has 1 aromatic carbocycles. The number of hydrogen-bond donors (Lipinski definition) is 2. The number of carbonyl (C=O) groups is 1. The first-order valence-electron chi connectivity index (χ1n) is 7.05. The lowest BCUT2D eigenvalue weighted by atomic mass is 10.1. The van der Waals surface area contributed by atoms with Crippen molar-refractivity contribution in [2.45, 2.75) is 32.4 Å². The molecular weight excluding hydrogens is 302 g/mol. The molecule has 1 aromatic heterocycles. The summed E-state index contributed by atoms with van der Waals surface area (Å²) in [6.07, 6.45) is 2.36. The standard InChI is InChI=1S/C16H20ClN3O2/c1-16(2,3)20-10-11(8-19-20)15(22)18-9-14(21)12-6-4-5-7-13(12)17/h4-8,10,14,21H,9H2,1-3H3,(H,18,22)/t14-/m1/s1. The fourth-order valence-corrected chi connectivity index (χ4v) is 2.22. The number of carbonyl (C=O) groups excluding carboxylic acids is 1. The molecule has 0 aliphatic rings. The molecule has 0 unspecified atom stereocenters. The van der Waals surface area contributed by atoms with E-state index in [9.17, 15) is 9.90 Å². The van der Waals surface area contributed by atoms with Crippen LogP contribution < -0.4 is 5.32 Å². The first kappa shape index (κ1) is 16.5. The first-order valence-corrected chi connectivity index (χ1v) is 7.42. The Bertz CT molecular complexity index is 661. The Balaban J connectivity index is 1.98. The van der Waals surface area contributed by atoms with Gasteiger partial charge in [-0.1, -0.05) is 29.8 Å². The van der Waals surface area contributed by atoms with E-state index in [4.69, 9.17) is 11.6 Å². The number of halogens is 1. The van der Waals surface area contributed by atoms with Crippen LogP contribution in [0, 0.1) is 0 Å². The van der Waals surface area contributed by atoms with Crippen molar-refractivity contribution in [3.8, 4) is 0 Å². The monoisotopic (exact) mass is 321 g/mol. The summed E-state index contributed by atoms with van der Waals surface area (Å²) >= 11 is 6.02. The van der Waals surface area contributed by atoms with Crippen molar-refractivity contribution in [3.05, 3.63) is 52.8 Å². The Morgan fingerprint density at radius 3 is 2.68 bits per heavy atom. The average molecular weight is 322 g/mol. The molecule has 0 bridgehead atoms. The summed E-state index contributed by atoms with van der Waals surface area (Å²) in [5, 5.41) is 17.5. The molecule has 0 aliphatic heterocycles. The van der Waals surface area contributed by atoms with E-state index in [1.165, 1.54) is 6.20 Å². The van der Waals surface area contributed by atoms with Gasteiger partial charge in [0.15, 0.2) is 0 Å². The highest BCUT2D eigenvalue weighted by Gasteiger charge is 2.18. The van der Waals surface area contributed by atoms with E-state index in [-0.39, 0.29) is 18.0 Å². The summed E-state index contributed by atoms with van der Waals surface area (Å²) in [7, 11) is 0. The number of nitrogens with zero attached hydrogens (tertiary/aromatic N) is 2. The highest BCUT2D eigenvalue weighted by Crippen LogP contribution is 2.22. The smallest absolute Gasteiger partial charge is 0.254 e. The van der Waals surface area contributed by atoms with Gasteiger partial charge in [0.05, 0.1) is 23.4 Å². The van der Waals surface area contributed by atoms with E-state index >= 15 is 0 Å². The minimum Gasteiger partial charge on any atom is -0.387 e. The Morgan fingerprint density at radius 1 is 1.41 bits per heavy atom. The van der Waals surface area contributed by atoms with Crippen LogP contribution in [0.3, 0.4) is 0 Å². The van der Waals surface area contributed by atoms with Gasteiger partial charge in [0.25, 0.3) is 5.91 Å². The van der Waals surface area contributed by atoms with Gasteiger partial charge in [-0.25, -0.2) is 0 Å². The van der Waals surface area contributed by atoms with Crippen LogP contribution in [0.4, 0.5) is 0 Å². The predicted molar refractivity (Wildman–Crippen MR) is 86.0 cm³/mol. The molecule has 0 spiro atoms. The van der Waals surface area contributed by atoms with Crippen molar-refractivity contribution < 1.29 is 9.90 Å². The highest BCUT2D eigenvalue weighted by molar-refractivity contribution is 6.31. The van der Waals surface area contributed by atoms with Gasteiger partial charge in [-0.3, -0.25) is 9.48 Å². The van der Waals surface area contributed by atoms with Gasteiger partial charge in [-0.2, -0.15) is 5.10 Å². The van der Waals surface area contributed by atoms with Gasteiger partial charge in [-0.05, 0) is 26.8 Å². The Morgan fingerprint density at radius 2 is 2.09 bits per heavy atom. The second kappa shape index (κ2) is 6.50. The molecule has 1 amide bonds. The normalized spacial score (nSPS) is 13.0. The van der Waals surface area contributed by atoms with Gasteiger partial charge in [0, 0.05) is 23.3 Å². The molecule has 2 rings (SSSR count). The molecule has 5 nitrogen and oxygen atoms in total. The maximum atomic E-state index is 12.1. The van der Waals surface area contributed by atoms with Crippen LogP contribution in [0.1, 0.15) is 42.8 Å². The second-order valence-corrected chi connectivity index (χ2v) is 6.50. The molecule has 2 aromatic rings. The molecular formula is C16H20ClN3O2. The predicted octanol–water partition coefficient (Wildman–Crippen LogP) is 2.75. The summed E-state index contributed by atoms with van der Waals surface area (Å²) < 4.78 is 1.73. The van der Waals surface area contributed by atoms with Crippen LogP contribution in [0.25, 0.3) is 0 Å². The maximum Gasteiger partial charge on any atom is 0.254 e. The minimum atomic E-state index is -0.852. The zero-order chi connectivity index (χ0) is 16.3. The van der Waals surface area contributed by atoms with E-state index < -0.39 is 6.10 Å². The number of aliphatic hydroxyl groups excluding tert-OH is 1. The van der Waals surface area contributed by atoms with E-state index in [1.54, 1.807) is 35.1 Å². The lowest BCUT2D eigenvalue weighted by Crippen LogP contribution is -2.28. The summed E-state index contributed by atoms with van der Waals surface area (Å²) in [6.45, 7) is 6.10. The molecule has 0 fully saturated rings. The lowest BCUT2D eigenvalue weighted by molar-refractivity contribution is 0.0916. The molecule has 1 atom stereocenters. The number of aliphatic hydroxyl groups is 1. The highest BCUT2D eigenvalue weighted by atomic mass is 35.5. The zero-order valence-corrected chi connectivity index (χ0v) is 13.6. The Kier molecular flexibility index (Phi) is 4.88. The van der Waals surface area contributed by atoms with E-state index in [0.29, 0.717) is 16.1 Å². The number of hydrogen-bond acceptors (Lipinski definition) is 3. The van der Waals surface area contributed by atoms with E-state index in [2.05, 4.69) is 10.4 Å². The van der Waals surface area contributed by atoms with Crippen LogP contribution in [0.2, 0.25) is 5.02 Å². The van der Waals surface area contributed by atoms with Crippen LogP contribution in [0.5, 0.6) is 0 Å². The molecule has 0 saturated heterocycles. The first-order chi connectivity index (χ1) is 10.3. The number of benzene rings is 1. The molecule has 6 heteroatoms. The SMILES string of the molecule is CC(C)(C)n1cc(C(=O)NC[C@@H](O)c2ccccc2Cl)cn1. The number of aromatic nitrogens is 2. The minimum absolute atomic E-state index is 0.0866.